The second-order valence-corrected chi connectivity index (χ2v) is 16.3. The van der Waals surface area contributed by atoms with Gasteiger partial charge in [-0.1, -0.05) is 179 Å². The van der Waals surface area contributed by atoms with Crippen LogP contribution in [0.1, 0.15) is 200 Å². The van der Waals surface area contributed by atoms with E-state index in [1.54, 1.807) is 0 Å². The number of hydrogen-bond acceptors (Lipinski definition) is 6. The van der Waals surface area contributed by atoms with Crippen molar-refractivity contribution < 1.29 is 38.2 Å². The minimum Gasteiger partial charge on any atom is -0.477 e. The van der Waals surface area contributed by atoms with Gasteiger partial charge in [0.2, 0.25) is 0 Å². The Hall–Kier alpha value is -2.19. The lowest BCUT2D eigenvalue weighted by Crippen LogP contribution is -2.50. The van der Waals surface area contributed by atoms with E-state index in [4.69, 9.17) is 14.2 Å². The van der Waals surface area contributed by atoms with Crippen LogP contribution in [-0.4, -0.2) is 80.6 Å². The van der Waals surface area contributed by atoms with Crippen LogP contribution in [0.3, 0.4) is 0 Å². The fourth-order valence-corrected chi connectivity index (χ4v) is 6.68. The molecule has 2 atom stereocenters. The topological polar surface area (TPSA) is 99.1 Å². The molecule has 316 valence electrons. The number of quaternary nitrogens is 1. The molecule has 0 amide bonds. The third-order valence-corrected chi connectivity index (χ3v) is 10.1. The first-order valence-corrected chi connectivity index (χ1v) is 22.4. The molecule has 0 aromatic rings. The van der Waals surface area contributed by atoms with Crippen molar-refractivity contribution in [3.63, 3.8) is 0 Å². The molecule has 0 rings (SSSR count). The number of nitrogens with zero attached hydrogens (tertiary/aromatic N) is 1. The number of esters is 2. The molecule has 1 N–H and O–H groups in total. The van der Waals surface area contributed by atoms with E-state index >= 15 is 0 Å². The first-order valence-electron chi connectivity index (χ1n) is 22.4. The van der Waals surface area contributed by atoms with E-state index in [0.29, 0.717) is 19.3 Å². The van der Waals surface area contributed by atoms with Crippen LogP contribution < -0.4 is 0 Å². The number of carboxylic acid groups (broad SMARTS) is 1. The molecule has 0 fully saturated rings. The molecule has 2 unspecified atom stereocenters. The lowest BCUT2D eigenvalue weighted by Gasteiger charge is -2.31. The second kappa shape index (κ2) is 37.7. The maximum Gasteiger partial charge on any atom is 0.362 e. The van der Waals surface area contributed by atoms with Crippen molar-refractivity contribution >= 4 is 17.9 Å². The Bertz CT molecular complexity index is 942. The molecular weight excluding hydrogens is 679 g/mol. The van der Waals surface area contributed by atoms with E-state index in [1.165, 1.54) is 128 Å². The third kappa shape index (κ3) is 35.5. The molecule has 0 spiro atoms. The predicted molar refractivity (Wildman–Crippen MR) is 225 cm³/mol. The monoisotopic (exact) mass is 765 g/mol. The molecule has 0 aliphatic carbocycles. The Balaban J connectivity index is 4.06. The Morgan fingerprint density at radius 2 is 1.04 bits per heavy atom. The van der Waals surface area contributed by atoms with Crippen LogP contribution in [-0.2, 0) is 28.6 Å². The summed E-state index contributed by atoms with van der Waals surface area (Å²) in [5.41, 5.74) is 0. The number of carbonyl (C=O) groups excluding carboxylic acids is 2. The molecule has 0 aliphatic rings. The number of carboxylic acids is 1. The van der Waals surface area contributed by atoms with Crippen molar-refractivity contribution in [3.8, 4) is 0 Å². The van der Waals surface area contributed by atoms with E-state index in [0.717, 1.165) is 32.1 Å². The summed E-state index contributed by atoms with van der Waals surface area (Å²) in [6, 6.07) is -0.619. The van der Waals surface area contributed by atoms with Gasteiger partial charge < -0.3 is 23.8 Å². The van der Waals surface area contributed by atoms with Crippen LogP contribution in [0.2, 0.25) is 0 Å². The summed E-state index contributed by atoms with van der Waals surface area (Å²) in [5.74, 6) is -1.55. The average Bonchev–Trinajstić information content (AvgIpc) is 3.12. The first-order chi connectivity index (χ1) is 26.1. The maximum absolute atomic E-state index is 12.5. The maximum atomic E-state index is 12.5. The molecular formula is C46H86NO7+. The van der Waals surface area contributed by atoms with Crippen molar-refractivity contribution in [1.29, 1.82) is 0 Å². The van der Waals surface area contributed by atoms with Gasteiger partial charge >= 0.3 is 17.9 Å². The van der Waals surface area contributed by atoms with E-state index in [2.05, 4.69) is 26.0 Å². The number of rotatable bonds is 40. The highest BCUT2D eigenvalue weighted by molar-refractivity contribution is 5.72. The number of aliphatic carboxylic acids is 1. The zero-order valence-corrected chi connectivity index (χ0v) is 35.9. The van der Waals surface area contributed by atoms with Crippen LogP contribution in [0.25, 0.3) is 0 Å². The molecule has 8 heteroatoms. The SMILES string of the molecule is CC/C=C/C/C=C/CCC(=O)OC(COCCC(C(=O)O)[N+](C)(C)C)COC(=O)CCCCCCCCCCCCCCCCCCCCCCCCC. The van der Waals surface area contributed by atoms with Gasteiger partial charge in [0.05, 0.1) is 34.4 Å². The minimum atomic E-state index is -0.883. The number of allylic oxidation sites excluding steroid dienone is 4. The summed E-state index contributed by atoms with van der Waals surface area (Å²) in [6.07, 6.45) is 41.4. The molecule has 0 aromatic heterocycles. The standard InChI is InChI=1S/C46H85NO7/c1-6-8-10-12-14-15-16-17-18-19-20-21-22-23-24-25-26-27-28-29-31-32-34-36-44(48)53-41-42(40-52-39-38-43(46(50)51)47(3,4)5)54-45(49)37-35-33-30-13-11-9-7-2/h9,11,30,33,42-43H,6-8,10,12-29,31-32,34-41H2,1-5H3/p+1/b11-9+,33-30+. The normalized spacial score (nSPS) is 13.1. The summed E-state index contributed by atoms with van der Waals surface area (Å²) >= 11 is 0. The van der Waals surface area contributed by atoms with Gasteiger partial charge in [0, 0.05) is 19.3 Å². The quantitative estimate of drug-likeness (QED) is 0.0287. The van der Waals surface area contributed by atoms with Gasteiger partial charge in [0.1, 0.15) is 6.61 Å². The Morgan fingerprint density at radius 1 is 0.574 bits per heavy atom. The van der Waals surface area contributed by atoms with Gasteiger partial charge in [0.15, 0.2) is 12.1 Å². The molecule has 0 radical (unpaired) electrons. The summed E-state index contributed by atoms with van der Waals surface area (Å²) < 4.78 is 17.1. The van der Waals surface area contributed by atoms with Crippen molar-refractivity contribution in [2.75, 3.05) is 41.0 Å². The lowest BCUT2D eigenvalue weighted by atomic mass is 10.0. The van der Waals surface area contributed by atoms with Gasteiger partial charge in [0.25, 0.3) is 0 Å². The number of hydrogen-bond donors (Lipinski definition) is 1. The fraction of sp³-hybridized carbons (Fsp3) is 0.848. The Morgan fingerprint density at radius 3 is 1.48 bits per heavy atom. The fourth-order valence-electron chi connectivity index (χ4n) is 6.68. The number of ether oxygens (including phenoxy) is 3. The highest BCUT2D eigenvalue weighted by atomic mass is 16.6. The van der Waals surface area contributed by atoms with Crippen LogP contribution in [0.5, 0.6) is 0 Å². The average molecular weight is 765 g/mol. The number of likely N-dealkylation sites (N-methyl/N-ethyl adjacent to an activating group) is 1. The molecule has 0 bridgehead atoms. The number of carbonyl (C=O) groups is 3. The third-order valence-electron chi connectivity index (χ3n) is 10.1. The first kappa shape index (κ1) is 51.8. The molecule has 54 heavy (non-hydrogen) atoms. The molecule has 0 aromatic carbocycles. The van der Waals surface area contributed by atoms with Gasteiger partial charge in [-0.2, -0.15) is 0 Å². The zero-order chi connectivity index (χ0) is 40.0. The molecule has 0 heterocycles. The highest BCUT2D eigenvalue weighted by Gasteiger charge is 2.31. The lowest BCUT2D eigenvalue weighted by molar-refractivity contribution is -0.887. The molecule has 0 saturated heterocycles. The van der Waals surface area contributed by atoms with Crippen molar-refractivity contribution in [3.05, 3.63) is 24.3 Å². The molecule has 8 nitrogen and oxygen atoms in total. The summed E-state index contributed by atoms with van der Waals surface area (Å²) in [6.45, 7) is 4.54. The van der Waals surface area contributed by atoms with E-state index < -0.39 is 18.1 Å². The van der Waals surface area contributed by atoms with Gasteiger partial charge in [-0.15, -0.1) is 0 Å². The van der Waals surface area contributed by atoms with Crippen LogP contribution in [0, 0.1) is 0 Å². The molecule has 0 aliphatic heterocycles. The van der Waals surface area contributed by atoms with E-state index in [-0.39, 0.29) is 42.7 Å². The van der Waals surface area contributed by atoms with Gasteiger partial charge in [-0.05, 0) is 25.7 Å². The summed E-state index contributed by atoms with van der Waals surface area (Å²) in [5, 5.41) is 9.58. The summed E-state index contributed by atoms with van der Waals surface area (Å²) in [7, 11) is 5.50. The Labute approximate surface area is 332 Å². The van der Waals surface area contributed by atoms with E-state index in [1.807, 2.05) is 33.3 Å². The van der Waals surface area contributed by atoms with Crippen LogP contribution in [0.4, 0.5) is 0 Å². The zero-order valence-electron chi connectivity index (χ0n) is 35.9. The highest BCUT2D eigenvalue weighted by Crippen LogP contribution is 2.16. The summed E-state index contributed by atoms with van der Waals surface area (Å²) in [4.78, 5) is 36.7. The smallest absolute Gasteiger partial charge is 0.362 e. The van der Waals surface area contributed by atoms with Crippen molar-refractivity contribution in [2.45, 2.75) is 212 Å². The Kier molecular flexibility index (Phi) is 36.2. The van der Waals surface area contributed by atoms with E-state index in [9.17, 15) is 19.5 Å². The van der Waals surface area contributed by atoms with Crippen molar-refractivity contribution in [2.24, 2.45) is 0 Å². The second-order valence-electron chi connectivity index (χ2n) is 16.3. The molecule has 0 saturated carbocycles. The largest absolute Gasteiger partial charge is 0.477 e. The predicted octanol–water partition coefficient (Wildman–Crippen LogP) is 12.1. The minimum absolute atomic E-state index is 0.0413. The van der Waals surface area contributed by atoms with Crippen molar-refractivity contribution in [1.82, 2.24) is 0 Å². The van der Waals surface area contributed by atoms with Gasteiger partial charge in [-0.3, -0.25) is 9.59 Å². The van der Waals surface area contributed by atoms with Crippen LogP contribution >= 0.6 is 0 Å². The number of unbranched alkanes of at least 4 members (excludes halogenated alkanes) is 22. The van der Waals surface area contributed by atoms with Crippen LogP contribution in [0.15, 0.2) is 24.3 Å². The van der Waals surface area contributed by atoms with Gasteiger partial charge in [-0.25, -0.2) is 4.79 Å².